The molecule has 0 aliphatic heterocycles. The number of hydrogen-bond acceptors (Lipinski definition) is 3. The molecule has 0 fully saturated rings. The zero-order valence-corrected chi connectivity index (χ0v) is 13.5. The molecule has 0 aromatic heterocycles. The normalized spacial score (nSPS) is 11.5. The van der Waals surface area contributed by atoms with Gasteiger partial charge in [-0.05, 0) is 35.9 Å². The highest BCUT2D eigenvalue weighted by atomic mass is 79.9. The van der Waals surface area contributed by atoms with E-state index >= 15 is 0 Å². The van der Waals surface area contributed by atoms with Crippen molar-refractivity contribution < 1.29 is 8.42 Å². The van der Waals surface area contributed by atoms with Gasteiger partial charge in [-0.2, -0.15) is 0 Å². The summed E-state index contributed by atoms with van der Waals surface area (Å²) in [6.45, 7) is 0.176. The third-order valence-corrected chi connectivity index (χ3v) is 4.86. The van der Waals surface area contributed by atoms with Crippen molar-refractivity contribution in [2.45, 2.75) is 11.4 Å². The Bertz CT molecular complexity index is 718. The van der Waals surface area contributed by atoms with Crippen molar-refractivity contribution in [3.63, 3.8) is 0 Å². The Morgan fingerprint density at radius 3 is 2.40 bits per heavy atom. The molecule has 0 bridgehead atoms. The van der Waals surface area contributed by atoms with Gasteiger partial charge in [0, 0.05) is 16.0 Å². The Labute approximate surface area is 131 Å². The molecule has 0 aliphatic carbocycles. The van der Waals surface area contributed by atoms with Gasteiger partial charge in [-0.15, -0.1) is 0 Å². The van der Waals surface area contributed by atoms with Crippen LogP contribution in [0.1, 0.15) is 5.56 Å². The van der Waals surface area contributed by atoms with Crippen LogP contribution < -0.4 is 10.5 Å². The molecule has 0 amide bonds. The number of halogens is 2. The maximum absolute atomic E-state index is 12.2. The minimum absolute atomic E-state index is 0.0645. The van der Waals surface area contributed by atoms with Crippen molar-refractivity contribution in [3.8, 4) is 0 Å². The van der Waals surface area contributed by atoms with Crippen molar-refractivity contribution in [1.82, 2.24) is 4.72 Å². The van der Waals surface area contributed by atoms with Crippen LogP contribution in [0.5, 0.6) is 0 Å². The lowest BCUT2D eigenvalue weighted by molar-refractivity contribution is 0.581. The van der Waals surface area contributed by atoms with Gasteiger partial charge in [0.05, 0.1) is 5.69 Å². The molecule has 2 aromatic rings. The predicted octanol–water partition coefficient (Wildman–Crippen LogP) is 3.16. The number of hydrogen-bond donors (Lipinski definition) is 2. The van der Waals surface area contributed by atoms with Gasteiger partial charge in [0.1, 0.15) is 4.90 Å². The Balaban J connectivity index is 2.17. The maximum Gasteiger partial charge on any atom is 0.242 e. The van der Waals surface area contributed by atoms with E-state index < -0.39 is 10.0 Å². The molecule has 7 heteroatoms. The van der Waals surface area contributed by atoms with E-state index in [0.29, 0.717) is 5.02 Å². The monoisotopic (exact) mass is 374 g/mol. The fraction of sp³-hybridized carbons (Fsp3) is 0.0769. The number of sulfonamides is 1. The second-order valence-corrected chi connectivity index (χ2v) is 7.22. The molecule has 0 aliphatic rings. The first-order chi connectivity index (χ1) is 9.38. The summed E-state index contributed by atoms with van der Waals surface area (Å²) >= 11 is 9.01. The summed E-state index contributed by atoms with van der Waals surface area (Å²) in [5.41, 5.74) is 6.74. The first-order valence-corrected chi connectivity index (χ1v) is 8.33. The molecule has 3 N–H and O–H groups in total. The minimum atomic E-state index is -3.64. The lowest BCUT2D eigenvalue weighted by atomic mass is 10.2. The van der Waals surface area contributed by atoms with Gasteiger partial charge in [-0.1, -0.05) is 39.7 Å². The smallest absolute Gasteiger partial charge is 0.242 e. The summed E-state index contributed by atoms with van der Waals surface area (Å²) in [6.07, 6.45) is 0. The van der Waals surface area contributed by atoms with E-state index in [-0.39, 0.29) is 17.1 Å². The Morgan fingerprint density at radius 2 is 1.80 bits per heavy atom. The van der Waals surface area contributed by atoms with Crippen molar-refractivity contribution >= 4 is 43.2 Å². The van der Waals surface area contributed by atoms with Crippen LogP contribution >= 0.6 is 27.5 Å². The molecule has 0 saturated carbocycles. The molecule has 0 spiro atoms. The van der Waals surface area contributed by atoms with Crippen LogP contribution in [0.2, 0.25) is 5.02 Å². The number of nitrogen functional groups attached to an aromatic ring is 1. The third kappa shape index (κ3) is 3.73. The van der Waals surface area contributed by atoms with E-state index in [1.165, 1.54) is 6.07 Å². The van der Waals surface area contributed by atoms with Crippen LogP contribution in [0.15, 0.2) is 51.8 Å². The number of rotatable bonds is 4. The largest absolute Gasteiger partial charge is 0.398 e. The molecule has 4 nitrogen and oxygen atoms in total. The average Bonchev–Trinajstić information content (AvgIpc) is 2.37. The summed E-state index contributed by atoms with van der Waals surface area (Å²) < 4.78 is 27.6. The van der Waals surface area contributed by atoms with Crippen LogP contribution in [-0.2, 0) is 16.6 Å². The van der Waals surface area contributed by atoms with Gasteiger partial charge < -0.3 is 5.73 Å². The lowest BCUT2D eigenvalue weighted by Gasteiger charge is -2.09. The quantitative estimate of drug-likeness (QED) is 0.806. The van der Waals surface area contributed by atoms with Crippen molar-refractivity contribution in [2.75, 3.05) is 5.73 Å². The summed E-state index contributed by atoms with van der Waals surface area (Å²) in [5, 5.41) is 0.605. The SMILES string of the molecule is Nc1cc(Br)ccc1S(=O)(=O)NCc1ccc(Cl)cc1. The Hall–Kier alpha value is -1.08. The van der Waals surface area contributed by atoms with Gasteiger partial charge in [-0.3, -0.25) is 0 Å². The Morgan fingerprint density at radius 1 is 1.15 bits per heavy atom. The highest BCUT2D eigenvalue weighted by molar-refractivity contribution is 9.10. The zero-order valence-electron chi connectivity index (χ0n) is 10.3. The number of nitrogens with one attached hydrogen (secondary N) is 1. The molecule has 2 rings (SSSR count). The molecule has 0 unspecified atom stereocenters. The number of anilines is 1. The summed E-state index contributed by atoms with van der Waals surface area (Å²) in [7, 11) is -3.64. The van der Waals surface area contributed by atoms with Crippen molar-refractivity contribution in [3.05, 3.63) is 57.5 Å². The first-order valence-electron chi connectivity index (χ1n) is 5.67. The second kappa shape index (κ2) is 6.13. The highest BCUT2D eigenvalue weighted by Gasteiger charge is 2.17. The molecule has 0 radical (unpaired) electrons. The van der Waals surface area contributed by atoms with Crippen LogP contribution in [0.3, 0.4) is 0 Å². The molecule has 0 saturated heterocycles. The first kappa shape index (κ1) is 15.3. The number of nitrogens with two attached hydrogens (primary N) is 1. The van der Waals surface area contributed by atoms with Gasteiger partial charge in [-0.25, -0.2) is 13.1 Å². The topological polar surface area (TPSA) is 72.2 Å². The van der Waals surface area contributed by atoms with Crippen LogP contribution in [-0.4, -0.2) is 8.42 Å². The predicted molar refractivity (Wildman–Crippen MR) is 84.0 cm³/mol. The highest BCUT2D eigenvalue weighted by Crippen LogP contribution is 2.22. The van der Waals surface area contributed by atoms with Crippen LogP contribution in [0.4, 0.5) is 5.69 Å². The average molecular weight is 376 g/mol. The van der Waals surface area contributed by atoms with Gasteiger partial charge in [0.2, 0.25) is 10.0 Å². The standard InChI is InChI=1S/C13H12BrClN2O2S/c14-10-3-6-13(12(16)7-10)20(18,19)17-8-9-1-4-11(15)5-2-9/h1-7,17H,8,16H2. The van der Waals surface area contributed by atoms with Gasteiger partial charge in [0.25, 0.3) is 0 Å². The van der Waals surface area contributed by atoms with E-state index in [4.69, 9.17) is 17.3 Å². The maximum atomic E-state index is 12.2. The summed E-state index contributed by atoms with van der Waals surface area (Å²) in [5.74, 6) is 0. The fourth-order valence-electron chi connectivity index (χ4n) is 1.62. The molecule has 106 valence electrons. The minimum Gasteiger partial charge on any atom is -0.398 e. The van der Waals surface area contributed by atoms with Crippen molar-refractivity contribution in [2.24, 2.45) is 0 Å². The van der Waals surface area contributed by atoms with E-state index in [9.17, 15) is 8.42 Å². The van der Waals surface area contributed by atoms with Gasteiger partial charge in [0.15, 0.2) is 0 Å². The summed E-state index contributed by atoms with van der Waals surface area (Å²) in [6, 6.07) is 11.6. The molecular weight excluding hydrogens is 364 g/mol. The van der Waals surface area contributed by atoms with Crippen molar-refractivity contribution in [1.29, 1.82) is 0 Å². The van der Waals surface area contributed by atoms with Crippen LogP contribution in [0, 0.1) is 0 Å². The molecular formula is C13H12BrClN2O2S. The fourth-order valence-corrected chi connectivity index (χ4v) is 3.26. The van der Waals surface area contributed by atoms with Crippen LogP contribution in [0.25, 0.3) is 0 Å². The molecule has 0 heterocycles. The van der Waals surface area contributed by atoms with Gasteiger partial charge >= 0.3 is 0 Å². The summed E-state index contributed by atoms with van der Waals surface area (Å²) in [4.78, 5) is 0.0645. The van der Waals surface area contributed by atoms with E-state index in [1.807, 2.05) is 0 Å². The van der Waals surface area contributed by atoms with E-state index in [1.54, 1.807) is 36.4 Å². The Kier molecular flexibility index (Phi) is 4.70. The molecule has 0 atom stereocenters. The molecule has 20 heavy (non-hydrogen) atoms. The molecule has 2 aromatic carbocycles. The zero-order chi connectivity index (χ0) is 14.8. The third-order valence-electron chi connectivity index (χ3n) is 2.64. The van der Waals surface area contributed by atoms with E-state index in [2.05, 4.69) is 20.7 Å². The lowest BCUT2D eigenvalue weighted by Crippen LogP contribution is -2.24. The van der Waals surface area contributed by atoms with E-state index in [0.717, 1.165) is 10.0 Å². The second-order valence-electron chi connectivity index (χ2n) is 4.13. The number of benzene rings is 2.